The van der Waals surface area contributed by atoms with Crippen molar-refractivity contribution in [3.05, 3.63) is 40.8 Å². The van der Waals surface area contributed by atoms with Gasteiger partial charge in [-0.05, 0) is 18.6 Å². The third-order valence-corrected chi connectivity index (χ3v) is 5.22. The van der Waals surface area contributed by atoms with Crippen molar-refractivity contribution < 1.29 is 8.42 Å². The van der Waals surface area contributed by atoms with Crippen molar-refractivity contribution in [3.8, 4) is 0 Å². The number of sulfonamides is 1. The minimum Gasteiger partial charge on any atom is -0.278 e. The van der Waals surface area contributed by atoms with Gasteiger partial charge in [0.25, 0.3) is 10.0 Å². The molecule has 104 valence electrons. The van der Waals surface area contributed by atoms with E-state index in [1.807, 2.05) is 0 Å². The van der Waals surface area contributed by atoms with Crippen LogP contribution in [0.15, 0.2) is 35.1 Å². The highest BCUT2D eigenvalue weighted by Crippen LogP contribution is 2.27. The minimum atomic E-state index is -3.82. The van der Waals surface area contributed by atoms with Crippen LogP contribution in [0.25, 0.3) is 4.96 Å². The number of aromatic nitrogens is 3. The predicted molar refractivity (Wildman–Crippen MR) is 77.9 cm³/mol. The lowest BCUT2D eigenvalue weighted by Gasteiger charge is -2.09. The summed E-state index contributed by atoms with van der Waals surface area (Å²) in [6.07, 6.45) is 4.71. The topological polar surface area (TPSA) is 76.4 Å². The molecular formula is C11H9ClN4O2S2. The van der Waals surface area contributed by atoms with Gasteiger partial charge in [-0.1, -0.05) is 11.6 Å². The average Bonchev–Trinajstić information content (AvgIpc) is 2.91. The molecule has 0 radical (unpaired) electrons. The number of fused-ring (bicyclic) bond motifs is 1. The number of halogens is 1. The number of thiazole rings is 1. The highest BCUT2D eigenvalue weighted by molar-refractivity contribution is 7.92. The van der Waals surface area contributed by atoms with Crippen LogP contribution < -0.4 is 4.72 Å². The Morgan fingerprint density at radius 3 is 3.00 bits per heavy atom. The van der Waals surface area contributed by atoms with Gasteiger partial charge in [-0.25, -0.2) is 4.98 Å². The Bertz CT molecular complexity index is 885. The van der Waals surface area contributed by atoms with Gasteiger partial charge in [-0.15, -0.1) is 11.3 Å². The van der Waals surface area contributed by atoms with Gasteiger partial charge >= 0.3 is 0 Å². The Labute approximate surface area is 124 Å². The zero-order valence-electron chi connectivity index (χ0n) is 10.2. The van der Waals surface area contributed by atoms with Gasteiger partial charge in [-0.2, -0.15) is 8.42 Å². The molecule has 0 spiro atoms. The number of hydrogen-bond donors (Lipinski definition) is 1. The molecule has 0 bridgehead atoms. The first kappa shape index (κ1) is 13.3. The molecule has 3 aromatic rings. The molecule has 1 N–H and O–H groups in total. The largest absolute Gasteiger partial charge is 0.281 e. The summed E-state index contributed by atoms with van der Waals surface area (Å²) in [7, 11) is -3.82. The van der Waals surface area contributed by atoms with Gasteiger partial charge in [0, 0.05) is 24.0 Å². The molecule has 3 rings (SSSR count). The fourth-order valence-corrected chi connectivity index (χ4v) is 4.35. The van der Waals surface area contributed by atoms with Crippen LogP contribution in [-0.2, 0) is 10.0 Å². The van der Waals surface area contributed by atoms with Crippen molar-refractivity contribution in [2.24, 2.45) is 0 Å². The Morgan fingerprint density at radius 1 is 1.45 bits per heavy atom. The standard InChI is InChI=1S/C11H9ClN4O2S2/c1-7-6-13-3-2-8(7)15-20(17,18)10-9(12)14-11-16(10)4-5-19-11/h2-6H,1H3,(H,13,15). The van der Waals surface area contributed by atoms with Crippen LogP contribution in [0.4, 0.5) is 5.69 Å². The summed E-state index contributed by atoms with van der Waals surface area (Å²) in [5, 5.41) is 1.64. The number of imidazole rings is 1. The second-order valence-corrected chi connectivity index (χ2v) is 6.89. The first-order valence-corrected chi connectivity index (χ1v) is 8.27. The Kier molecular flexibility index (Phi) is 3.15. The van der Waals surface area contributed by atoms with E-state index >= 15 is 0 Å². The average molecular weight is 329 g/mol. The SMILES string of the molecule is Cc1cnccc1NS(=O)(=O)c1c(Cl)nc2sccn12. The van der Waals surface area contributed by atoms with Crippen molar-refractivity contribution in [2.75, 3.05) is 4.72 Å². The zero-order chi connectivity index (χ0) is 14.3. The molecule has 0 atom stereocenters. The van der Waals surface area contributed by atoms with E-state index in [0.717, 1.165) is 5.56 Å². The lowest BCUT2D eigenvalue weighted by molar-refractivity contribution is 0.596. The van der Waals surface area contributed by atoms with Crippen LogP contribution in [0.3, 0.4) is 0 Å². The normalized spacial score (nSPS) is 11.9. The second kappa shape index (κ2) is 4.72. The van der Waals surface area contributed by atoms with Crippen LogP contribution in [-0.4, -0.2) is 22.8 Å². The summed E-state index contributed by atoms with van der Waals surface area (Å²) in [5.41, 5.74) is 1.18. The van der Waals surface area contributed by atoms with Gasteiger partial charge in [0.05, 0.1) is 5.69 Å². The molecule has 0 amide bonds. The van der Waals surface area contributed by atoms with E-state index < -0.39 is 10.0 Å². The first-order valence-electron chi connectivity index (χ1n) is 5.53. The van der Waals surface area contributed by atoms with E-state index in [4.69, 9.17) is 11.6 Å². The number of nitrogens with zero attached hydrogens (tertiary/aromatic N) is 3. The van der Waals surface area contributed by atoms with Gasteiger partial charge in [-0.3, -0.25) is 14.1 Å². The maximum absolute atomic E-state index is 12.5. The number of pyridine rings is 1. The van der Waals surface area contributed by atoms with Crippen LogP contribution in [0, 0.1) is 6.92 Å². The third-order valence-electron chi connectivity index (χ3n) is 2.70. The fourth-order valence-electron chi connectivity index (χ4n) is 1.76. The molecule has 20 heavy (non-hydrogen) atoms. The maximum atomic E-state index is 12.5. The van der Waals surface area contributed by atoms with E-state index in [2.05, 4.69) is 14.7 Å². The van der Waals surface area contributed by atoms with E-state index in [1.165, 1.54) is 21.9 Å². The minimum absolute atomic E-state index is 0.0453. The van der Waals surface area contributed by atoms with Crippen LogP contribution in [0.5, 0.6) is 0 Å². The molecule has 9 heteroatoms. The number of nitrogens with one attached hydrogen (secondary N) is 1. The van der Waals surface area contributed by atoms with Crippen molar-refractivity contribution in [1.82, 2.24) is 14.4 Å². The molecule has 0 saturated heterocycles. The summed E-state index contributed by atoms with van der Waals surface area (Å²) in [5.74, 6) is 0. The van der Waals surface area contributed by atoms with Crippen molar-refractivity contribution in [3.63, 3.8) is 0 Å². The third kappa shape index (κ3) is 2.15. The molecule has 0 unspecified atom stereocenters. The molecule has 6 nitrogen and oxygen atoms in total. The number of aryl methyl sites for hydroxylation is 1. The van der Waals surface area contributed by atoms with E-state index in [1.54, 1.807) is 30.8 Å². The maximum Gasteiger partial charge on any atom is 0.281 e. The molecule has 0 aliphatic rings. The summed E-state index contributed by atoms with van der Waals surface area (Å²) in [4.78, 5) is 8.47. The molecule has 0 aromatic carbocycles. The van der Waals surface area contributed by atoms with Gasteiger partial charge in [0.15, 0.2) is 15.1 Å². The first-order chi connectivity index (χ1) is 9.49. The fraction of sp³-hybridized carbons (Fsp3) is 0.0909. The lowest BCUT2D eigenvalue weighted by atomic mass is 10.3. The Balaban J connectivity index is 2.11. The summed E-state index contributed by atoms with van der Waals surface area (Å²) < 4.78 is 28.9. The van der Waals surface area contributed by atoms with Crippen molar-refractivity contribution >= 4 is 43.6 Å². The van der Waals surface area contributed by atoms with Crippen LogP contribution >= 0.6 is 22.9 Å². The smallest absolute Gasteiger partial charge is 0.278 e. The zero-order valence-corrected chi connectivity index (χ0v) is 12.6. The molecule has 3 heterocycles. The summed E-state index contributed by atoms with van der Waals surface area (Å²) >= 11 is 7.26. The monoisotopic (exact) mass is 328 g/mol. The molecule has 0 fully saturated rings. The quantitative estimate of drug-likeness (QED) is 0.801. The van der Waals surface area contributed by atoms with Crippen molar-refractivity contribution in [1.29, 1.82) is 0 Å². The van der Waals surface area contributed by atoms with Crippen LogP contribution in [0.1, 0.15) is 5.56 Å². The molecular weight excluding hydrogens is 320 g/mol. The molecule has 3 aromatic heterocycles. The Morgan fingerprint density at radius 2 is 2.25 bits per heavy atom. The highest BCUT2D eigenvalue weighted by Gasteiger charge is 2.25. The van der Waals surface area contributed by atoms with Crippen molar-refractivity contribution in [2.45, 2.75) is 11.9 Å². The van der Waals surface area contributed by atoms with E-state index in [-0.39, 0.29) is 10.2 Å². The van der Waals surface area contributed by atoms with Gasteiger partial charge in [0.1, 0.15) is 0 Å². The van der Waals surface area contributed by atoms with Gasteiger partial charge in [0.2, 0.25) is 0 Å². The highest BCUT2D eigenvalue weighted by atomic mass is 35.5. The molecule has 0 aliphatic carbocycles. The number of rotatable bonds is 3. The van der Waals surface area contributed by atoms with Gasteiger partial charge < -0.3 is 0 Å². The van der Waals surface area contributed by atoms with E-state index in [9.17, 15) is 8.42 Å². The number of hydrogen-bond acceptors (Lipinski definition) is 5. The van der Waals surface area contributed by atoms with Crippen LogP contribution in [0.2, 0.25) is 5.15 Å². The summed E-state index contributed by atoms with van der Waals surface area (Å²) in [6, 6.07) is 1.59. The molecule has 0 aliphatic heterocycles. The lowest BCUT2D eigenvalue weighted by Crippen LogP contribution is -2.16. The molecule has 0 saturated carbocycles. The second-order valence-electron chi connectivity index (χ2n) is 4.06. The Hall–Kier alpha value is -1.64. The number of anilines is 1. The predicted octanol–water partition coefficient (Wildman–Crippen LogP) is 2.55. The van der Waals surface area contributed by atoms with E-state index in [0.29, 0.717) is 10.6 Å². The summed E-state index contributed by atoms with van der Waals surface area (Å²) in [6.45, 7) is 1.77.